The Balaban J connectivity index is 4.15. The topological polar surface area (TPSA) is 0 Å². The van der Waals surface area contributed by atoms with Crippen molar-refractivity contribution in [2.24, 2.45) is 29.6 Å². The van der Waals surface area contributed by atoms with Gasteiger partial charge in [-0.3, -0.25) is 0 Å². The van der Waals surface area contributed by atoms with Crippen LogP contribution in [-0.2, 0) is 0 Å². The molecule has 0 N–H and O–H groups in total. The van der Waals surface area contributed by atoms with E-state index >= 15 is 0 Å². The Kier molecular flexibility index (Phi) is 11.6. The predicted molar refractivity (Wildman–Crippen MR) is 94.1 cm³/mol. The third-order valence-corrected chi connectivity index (χ3v) is 5.61. The molecule has 0 bridgehead atoms. The van der Waals surface area contributed by atoms with Crippen LogP contribution in [-0.4, -0.2) is 0 Å². The van der Waals surface area contributed by atoms with Crippen molar-refractivity contribution in [3.63, 3.8) is 0 Å². The van der Waals surface area contributed by atoms with Crippen LogP contribution in [0.4, 0.5) is 0 Å². The Bertz CT molecular complexity index is 206. The summed E-state index contributed by atoms with van der Waals surface area (Å²) in [6.07, 6.45) is 11.3. The van der Waals surface area contributed by atoms with E-state index in [2.05, 4.69) is 48.5 Å². The molecule has 0 aromatic carbocycles. The van der Waals surface area contributed by atoms with Gasteiger partial charge in [-0.2, -0.15) is 0 Å². The molecule has 0 rings (SSSR count). The Morgan fingerprint density at radius 2 is 1.30 bits per heavy atom. The maximum Gasteiger partial charge on any atom is -0.0386 e. The van der Waals surface area contributed by atoms with Gasteiger partial charge in [-0.15, -0.1) is 0 Å². The molecule has 0 aromatic heterocycles. The van der Waals surface area contributed by atoms with Crippen LogP contribution >= 0.6 is 0 Å². The molecule has 0 aliphatic heterocycles. The molecule has 0 aromatic rings. The van der Waals surface area contributed by atoms with Crippen LogP contribution in [0.1, 0.15) is 99.8 Å². The molecule has 0 saturated carbocycles. The monoisotopic (exact) mass is 282 g/mol. The maximum absolute atomic E-state index is 2.52. The van der Waals surface area contributed by atoms with Gasteiger partial charge in [0.2, 0.25) is 0 Å². The smallest absolute Gasteiger partial charge is 0.0386 e. The molecule has 0 saturated heterocycles. The zero-order valence-corrected chi connectivity index (χ0v) is 15.5. The van der Waals surface area contributed by atoms with E-state index in [1.165, 1.54) is 51.4 Å². The van der Waals surface area contributed by atoms with Gasteiger partial charge in [-0.25, -0.2) is 0 Å². The summed E-state index contributed by atoms with van der Waals surface area (Å²) in [7, 11) is 0. The Morgan fingerprint density at radius 1 is 0.650 bits per heavy atom. The lowest BCUT2D eigenvalue weighted by Crippen LogP contribution is -2.24. The second-order valence-electron chi connectivity index (χ2n) is 7.68. The molecule has 0 fully saturated rings. The number of unbranched alkanes of at least 4 members (excludes halogenated alkanes) is 2. The summed E-state index contributed by atoms with van der Waals surface area (Å²) in [5.41, 5.74) is 0. The molecule has 0 amide bonds. The molecule has 0 heterocycles. The third-order valence-electron chi connectivity index (χ3n) is 5.61. The first-order valence-electron chi connectivity index (χ1n) is 9.43. The standard InChI is InChI=1S/C20H42/c1-8-10-11-15-20(9-2)19(7)18(6)17(5)14-12-13-16(3)4/h16-20H,8-15H2,1-7H3. The van der Waals surface area contributed by atoms with Crippen LogP contribution in [0.2, 0.25) is 0 Å². The highest BCUT2D eigenvalue weighted by Gasteiger charge is 2.24. The molecule has 0 heteroatoms. The molecule has 0 aliphatic rings. The summed E-state index contributed by atoms with van der Waals surface area (Å²) in [6, 6.07) is 0. The lowest BCUT2D eigenvalue weighted by Gasteiger charge is -2.32. The zero-order chi connectivity index (χ0) is 15.5. The van der Waals surface area contributed by atoms with Crippen molar-refractivity contribution in [2.75, 3.05) is 0 Å². The summed E-state index contributed by atoms with van der Waals surface area (Å²) >= 11 is 0. The average molecular weight is 283 g/mol. The minimum absolute atomic E-state index is 0.868. The number of hydrogen-bond donors (Lipinski definition) is 0. The highest BCUT2D eigenvalue weighted by molar-refractivity contribution is 4.74. The van der Waals surface area contributed by atoms with Crippen molar-refractivity contribution in [3.8, 4) is 0 Å². The summed E-state index contributed by atoms with van der Waals surface area (Å²) in [4.78, 5) is 0. The van der Waals surface area contributed by atoms with E-state index in [-0.39, 0.29) is 0 Å². The summed E-state index contributed by atoms with van der Waals surface area (Å²) < 4.78 is 0. The van der Waals surface area contributed by atoms with Crippen molar-refractivity contribution in [2.45, 2.75) is 99.8 Å². The van der Waals surface area contributed by atoms with Crippen LogP contribution in [0, 0.1) is 29.6 Å². The molecule has 4 atom stereocenters. The third kappa shape index (κ3) is 8.32. The minimum Gasteiger partial charge on any atom is -0.0654 e. The molecule has 0 aliphatic carbocycles. The second kappa shape index (κ2) is 11.6. The van der Waals surface area contributed by atoms with Gasteiger partial charge in [0.15, 0.2) is 0 Å². The minimum atomic E-state index is 0.868. The fourth-order valence-corrected chi connectivity index (χ4v) is 3.55. The van der Waals surface area contributed by atoms with Crippen LogP contribution in [0.25, 0.3) is 0 Å². The lowest BCUT2D eigenvalue weighted by molar-refractivity contribution is 0.176. The van der Waals surface area contributed by atoms with Gasteiger partial charge in [0.05, 0.1) is 0 Å². The molecule has 0 spiro atoms. The molecule has 4 unspecified atom stereocenters. The normalized spacial score (nSPS) is 18.0. The van der Waals surface area contributed by atoms with E-state index in [0.717, 1.165) is 29.6 Å². The predicted octanol–water partition coefficient (Wildman–Crippen LogP) is 7.33. The fraction of sp³-hybridized carbons (Fsp3) is 1.00. The van der Waals surface area contributed by atoms with Crippen molar-refractivity contribution >= 4 is 0 Å². The van der Waals surface area contributed by atoms with Gasteiger partial charge in [-0.1, -0.05) is 99.8 Å². The second-order valence-corrected chi connectivity index (χ2v) is 7.68. The lowest BCUT2D eigenvalue weighted by atomic mass is 9.73. The SMILES string of the molecule is CCCCCC(CC)C(C)C(C)C(C)CCCC(C)C. The number of rotatable bonds is 12. The van der Waals surface area contributed by atoms with E-state index in [0.29, 0.717) is 0 Å². The van der Waals surface area contributed by atoms with Gasteiger partial charge in [0.25, 0.3) is 0 Å². The molecular formula is C20H42. The average Bonchev–Trinajstić information content (AvgIpc) is 2.41. The van der Waals surface area contributed by atoms with Gasteiger partial charge in [0.1, 0.15) is 0 Å². The fourth-order valence-electron chi connectivity index (χ4n) is 3.55. The van der Waals surface area contributed by atoms with E-state index in [9.17, 15) is 0 Å². The van der Waals surface area contributed by atoms with Gasteiger partial charge in [-0.05, 0) is 29.6 Å². The van der Waals surface area contributed by atoms with E-state index < -0.39 is 0 Å². The van der Waals surface area contributed by atoms with Gasteiger partial charge in [0, 0.05) is 0 Å². The highest BCUT2D eigenvalue weighted by atomic mass is 14.3. The molecule has 20 heavy (non-hydrogen) atoms. The summed E-state index contributed by atoms with van der Waals surface area (Å²) in [5, 5.41) is 0. The van der Waals surface area contributed by atoms with Crippen molar-refractivity contribution in [1.82, 2.24) is 0 Å². The first-order chi connectivity index (χ1) is 9.43. The van der Waals surface area contributed by atoms with Crippen molar-refractivity contribution < 1.29 is 0 Å². The largest absolute Gasteiger partial charge is 0.0654 e. The van der Waals surface area contributed by atoms with E-state index in [4.69, 9.17) is 0 Å². The summed E-state index contributed by atoms with van der Waals surface area (Å²) in [6.45, 7) is 16.9. The van der Waals surface area contributed by atoms with Crippen LogP contribution in [0.3, 0.4) is 0 Å². The quantitative estimate of drug-likeness (QED) is 0.329. The van der Waals surface area contributed by atoms with Gasteiger partial charge >= 0.3 is 0 Å². The number of hydrogen-bond acceptors (Lipinski definition) is 0. The Hall–Kier alpha value is 0. The first-order valence-corrected chi connectivity index (χ1v) is 9.43. The van der Waals surface area contributed by atoms with Crippen molar-refractivity contribution in [1.29, 1.82) is 0 Å². The van der Waals surface area contributed by atoms with Crippen LogP contribution in [0.5, 0.6) is 0 Å². The van der Waals surface area contributed by atoms with Crippen LogP contribution < -0.4 is 0 Å². The van der Waals surface area contributed by atoms with Crippen LogP contribution in [0.15, 0.2) is 0 Å². The summed E-state index contributed by atoms with van der Waals surface area (Å²) in [5.74, 6) is 4.49. The molecular weight excluding hydrogens is 240 g/mol. The zero-order valence-electron chi connectivity index (χ0n) is 15.5. The van der Waals surface area contributed by atoms with E-state index in [1.807, 2.05) is 0 Å². The Morgan fingerprint density at radius 3 is 1.80 bits per heavy atom. The highest BCUT2D eigenvalue weighted by Crippen LogP contribution is 2.34. The van der Waals surface area contributed by atoms with Gasteiger partial charge < -0.3 is 0 Å². The molecule has 0 radical (unpaired) electrons. The molecule has 122 valence electrons. The van der Waals surface area contributed by atoms with E-state index in [1.54, 1.807) is 0 Å². The molecule has 0 nitrogen and oxygen atoms in total. The van der Waals surface area contributed by atoms with Crippen molar-refractivity contribution in [3.05, 3.63) is 0 Å². The first kappa shape index (κ1) is 20.0. The maximum atomic E-state index is 2.52. The Labute approximate surface area is 130 Å².